The molecule has 0 aliphatic carbocycles. The first-order valence-electron chi connectivity index (χ1n) is 9.07. The Hall–Kier alpha value is -1.92. The molecule has 45 heavy (non-hydrogen) atoms. The molecule has 0 amide bonds. The molecule has 32 heteroatoms. The summed E-state index contributed by atoms with van der Waals surface area (Å²) in [5.41, 5.74) is 0. The van der Waals surface area contributed by atoms with Gasteiger partial charge in [-0.15, -0.1) is 0 Å². The highest BCUT2D eigenvalue weighted by atomic mass is 32.3. The Balaban J connectivity index is 7.24. The Morgan fingerprint density at radius 2 is 0.422 bits per heavy atom. The van der Waals surface area contributed by atoms with E-state index in [-0.39, 0.29) is 0 Å². The van der Waals surface area contributed by atoms with Crippen molar-refractivity contribution in [3.8, 4) is 0 Å². The van der Waals surface area contributed by atoms with E-state index in [2.05, 4.69) is 0 Å². The average Bonchev–Trinajstić information content (AvgIpc) is 2.75. The van der Waals surface area contributed by atoms with E-state index in [1.165, 1.54) is 0 Å². The summed E-state index contributed by atoms with van der Waals surface area (Å²) in [7, 11) is -18.3. The molecule has 0 aromatic carbocycles. The van der Waals surface area contributed by atoms with Crippen LogP contribution in [0.1, 0.15) is 0 Å². The van der Waals surface area contributed by atoms with Crippen molar-refractivity contribution < 1.29 is 131 Å². The number of halogens is 26. The van der Waals surface area contributed by atoms with Crippen molar-refractivity contribution in [3.05, 3.63) is 0 Å². The van der Waals surface area contributed by atoms with Gasteiger partial charge in [-0.25, -0.2) is 16.8 Å². The first-order valence-corrected chi connectivity index (χ1v) is 12.4. The predicted octanol–water partition coefficient (Wildman–Crippen LogP) is 7.17. The van der Waals surface area contributed by atoms with E-state index in [1.807, 2.05) is 0 Å². The number of rotatable bonds is 12. The number of sulfone groups is 2. The third-order valence-corrected chi connectivity index (χ3v) is 9.46. The topological polar surface area (TPSA) is 68.3 Å². The maximum absolute atomic E-state index is 13.7. The minimum absolute atomic E-state index is 5.32. The van der Waals surface area contributed by atoms with Crippen LogP contribution in [0.4, 0.5) is 114 Å². The summed E-state index contributed by atoms with van der Waals surface area (Å²) in [6.07, 6.45) is -16.3. The van der Waals surface area contributed by atoms with E-state index < -0.39 is 95.0 Å². The van der Waals surface area contributed by atoms with Gasteiger partial charge in [0.25, 0.3) is 0 Å². The van der Waals surface area contributed by atoms with Gasteiger partial charge in [-0.2, -0.15) is 114 Å². The Labute approximate surface area is 227 Å². The summed E-state index contributed by atoms with van der Waals surface area (Å²) in [5.74, 6) is -71.6. The van der Waals surface area contributed by atoms with Crippen LogP contribution in [0.3, 0.4) is 0 Å². The fourth-order valence-electron chi connectivity index (χ4n) is 2.25. The lowest BCUT2D eigenvalue weighted by Gasteiger charge is -2.40. The molecular weight excluding hydrogens is 778 g/mol. The van der Waals surface area contributed by atoms with Crippen LogP contribution in [-0.2, 0) is 19.7 Å². The van der Waals surface area contributed by atoms with Crippen molar-refractivity contribution in [3.63, 3.8) is 0 Å². The molecule has 0 rings (SSSR count). The van der Waals surface area contributed by atoms with Crippen molar-refractivity contribution in [1.82, 2.24) is 0 Å². The van der Waals surface area contributed by atoms with Crippen molar-refractivity contribution in [1.29, 1.82) is 0 Å². The number of alkyl halides is 26. The van der Waals surface area contributed by atoms with Gasteiger partial charge >= 0.3 is 70.2 Å². The molecule has 0 radical (unpaired) electrons. The van der Waals surface area contributed by atoms with Crippen LogP contribution in [0, 0.1) is 0 Å². The first kappa shape index (κ1) is 43.1. The largest absolute Gasteiger partial charge is 0.460 e. The summed E-state index contributed by atoms with van der Waals surface area (Å²) in [6, 6.07) is 0. The molecule has 0 spiro atoms. The second-order valence-electron chi connectivity index (χ2n) is 7.97. The quantitative estimate of drug-likeness (QED) is 0.197. The molecule has 0 aromatic rings. The Morgan fingerprint density at radius 1 is 0.267 bits per heavy atom. The molecule has 4 nitrogen and oxygen atoms in total. The predicted molar refractivity (Wildman–Crippen MR) is 84.3 cm³/mol. The van der Waals surface area contributed by atoms with E-state index in [4.69, 9.17) is 0 Å². The lowest BCUT2D eigenvalue weighted by atomic mass is 9.98. The molecule has 0 heterocycles. The lowest BCUT2D eigenvalue weighted by Crippen LogP contribution is -2.72. The fraction of sp³-hybridized carbons (Fsp3) is 1.00. The molecular formula is C13H2F26O4S2. The van der Waals surface area contributed by atoms with Crippen LogP contribution < -0.4 is 0 Å². The van der Waals surface area contributed by atoms with Gasteiger partial charge < -0.3 is 0 Å². The summed E-state index contributed by atoms with van der Waals surface area (Å²) < 4.78 is 383. The molecule has 0 aliphatic heterocycles. The number of hydrogen-bond donors (Lipinski definition) is 0. The van der Waals surface area contributed by atoms with Gasteiger partial charge in [0, 0.05) is 0 Å². The van der Waals surface area contributed by atoms with Gasteiger partial charge in [-0.1, -0.05) is 0 Å². The van der Waals surface area contributed by atoms with Gasteiger partial charge in [0.15, 0.2) is 5.08 Å². The highest BCUT2D eigenvalue weighted by molar-refractivity contribution is 8.09. The Bertz CT molecular complexity index is 1230. The first-order chi connectivity index (χ1) is 18.7. The monoisotopic (exact) mass is 780 g/mol. The maximum atomic E-state index is 13.7. The molecule has 0 fully saturated rings. The fourth-order valence-corrected chi connectivity index (χ4v) is 6.11. The summed E-state index contributed by atoms with van der Waals surface area (Å²) in [6.45, 7) is 0. The molecule has 0 aromatic heterocycles. The van der Waals surface area contributed by atoms with E-state index in [1.54, 1.807) is 0 Å². The van der Waals surface area contributed by atoms with Gasteiger partial charge in [0.2, 0.25) is 19.7 Å². The van der Waals surface area contributed by atoms with Gasteiger partial charge in [-0.3, -0.25) is 0 Å². The molecule has 0 bridgehead atoms. The van der Waals surface area contributed by atoms with Gasteiger partial charge in [0.05, 0.1) is 0 Å². The third kappa shape index (κ3) is 5.38. The van der Waals surface area contributed by atoms with Gasteiger partial charge in [0.1, 0.15) is 0 Å². The van der Waals surface area contributed by atoms with Crippen LogP contribution >= 0.6 is 0 Å². The van der Waals surface area contributed by atoms with Crippen molar-refractivity contribution >= 4 is 19.7 Å². The van der Waals surface area contributed by atoms with Crippen LogP contribution in [-0.4, -0.2) is 92.2 Å². The SMILES string of the molecule is O=S(=O)(CS(=O)(=O)C(F)(F)C(F)(F)C(F)(F)C(F)(F)C(F)(F)C(F)(F)F)C(F)(F)C(F)(F)C(F)(F)C(F)(F)C(F)(F)C(F)(F)F. The average molecular weight is 780 g/mol. The van der Waals surface area contributed by atoms with Crippen molar-refractivity contribution in [2.24, 2.45) is 0 Å². The van der Waals surface area contributed by atoms with Crippen molar-refractivity contribution in [2.45, 2.75) is 70.2 Å². The van der Waals surface area contributed by atoms with E-state index in [9.17, 15) is 131 Å². The maximum Gasteiger partial charge on any atom is 0.460 e. The molecule has 0 unspecified atom stereocenters. The Kier molecular flexibility index (Phi) is 9.85. The van der Waals surface area contributed by atoms with Crippen LogP contribution in [0.2, 0.25) is 0 Å². The molecule has 0 atom stereocenters. The van der Waals surface area contributed by atoms with E-state index >= 15 is 0 Å². The van der Waals surface area contributed by atoms with Crippen molar-refractivity contribution in [2.75, 3.05) is 5.08 Å². The zero-order chi connectivity index (χ0) is 37.7. The molecule has 0 aliphatic rings. The molecule has 0 saturated heterocycles. The number of hydrogen-bond acceptors (Lipinski definition) is 4. The zero-order valence-electron chi connectivity index (χ0n) is 19.0. The minimum atomic E-state index is -9.16. The van der Waals surface area contributed by atoms with E-state index in [0.717, 1.165) is 0 Å². The van der Waals surface area contributed by atoms with Crippen LogP contribution in [0.25, 0.3) is 0 Å². The van der Waals surface area contributed by atoms with Crippen LogP contribution in [0.5, 0.6) is 0 Å². The lowest BCUT2D eigenvalue weighted by molar-refractivity contribution is -0.433. The minimum Gasteiger partial charge on any atom is -0.221 e. The molecule has 0 saturated carbocycles. The van der Waals surface area contributed by atoms with E-state index in [0.29, 0.717) is 0 Å². The highest BCUT2D eigenvalue weighted by Crippen LogP contribution is 2.63. The van der Waals surface area contributed by atoms with Crippen LogP contribution in [0.15, 0.2) is 0 Å². The smallest absolute Gasteiger partial charge is 0.221 e. The normalized spacial score (nSPS) is 17.1. The highest BCUT2D eigenvalue weighted by Gasteiger charge is 2.94. The summed E-state index contributed by atoms with van der Waals surface area (Å²) in [5, 5.41) is -22.9. The molecule has 272 valence electrons. The summed E-state index contributed by atoms with van der Waals surface area (Å²) in [4.78, 5) is 0. The van der Waals surface area contributed by atoms with Gasteiger partial charge in [-0.05, 0) is 0 Å². The molecule has 0 N–H and O–H groups in total. The summed E-state index contributed by atoms with van der Waals surface area (Å²) >= 11 is 0. The third-order valence-electron chi connectivity index (χ3n) is 4.90. The zero-order valence-corrected chi connectivity index (χ0v) is 20.6. The second-order valence-corrected chi connectivity index (χ2v) is 12.4. The second kappa shape index (κ2) is 10.3. The Morgan fingerprint density at radius 3 is 0.578 bits per heavy atom. The standard InChI is InChI=1S/C13H2F26O4S2/c14-2(15,6(22,23)10(30,31)32)4(18,19)8(26,27)12(36,37)44(40,41)1-45(42,43)13(38,39)9(28,29)5(20,21)3(16,17)7(24,25)11(33,34)35/h1H2.